The van der Waals surface area contributed by atoms with Crippen molar-refractivity contribution in [2.24, 2.45) is 28.6 Å². The second kappa shape index (κ2) is 10.4. The van der Waals surface area contributed by atoms with Crippen LogP contribution in [0.1, 0.15) is 105 Å². The summed E-state index contributed by atoms with van der Waals surface area (Å²) < 4.78 is 0. The van der Waals surface area contributed by atoms with E-state index in [0.717, 1.165) is 31.3 Å². The Hall–Kier alpha value is -1.48. The van der Waals surface area contributed by atoms with Crippen LogP contribution in [0.3, 0.4) is 0 Å². The molecule has 0 saturated heterocycles. The molecular weight excluding hydrogens is 408 g/mol. The summed E-state index contributed by atoms with van der Waals surface area (Å²) in [5, 5.41) is 10.1. The van der Waals surface area contributed by atoms with Crippen molar-refractivity contribution in [3.05, 3.63) is 35.5 Å². The summed E-state index contributed by atoms with van der Waals surface area (Å²) in [6, 6.07) is 0. The number of hydrogen-bond donors (Lipinski definition) is 1. The molecule has 0 bridgehead atoms. The molecule has 3 fully saturated rings. The van der Waals surface area contributed by atoms with E-state index in [1.807, 2.05) is 20.8 Å². The van der Waals surface area contributed by atoms with Crippen LogP contribution in [-0.4, -0.2) is 22.8 Å². The van der Waals surface area contributed by atoms with Crippen molar-refractivity contribution < 1.29 is 14.7 Å². The summed E-state index contributed by atoms with van der Waals surface area (Å²) in [4.78, 5) is 24.7. The van der Waals surface area contributed by atoms with Gasteiger partial charge in [-0.15, -0.1) is 0 Å². The standard InChI is InChI=1S/C30H46O3/c1-20(12-15-24(31)19-28(33)29(3,4)5)25-16-17-26-23(10-8-18-30(25,26)6)14-13-22-9-7-11-27(32)21(22)2/h13-14,20,25-27,32H,2,7-12,15-19H2,1,3-6H3/b22-13-,23-14+/t20-,25-,26+,27?,30?/m1/s1. The maximum atomic E-state index is 12.5. The van der Waals surface area contributed by atoms with Crippen molar-refractivity contribution in [1.29, 1.82) is 0 Å². The maximum absolute atomic E-state index is 12.5. The molecule has 0 amide bonds. The number of carbonyl (C=O) groups is 2. The highest BCUT2D eigenvalue weighted by molar-refractivity contribution is 6.01. The fourth-order valence-electron chi connectivity index (χ4n) is 6.77. The summed E-state index contributed by atoms with van der Waals surface area (Å²) in [7, 11) is 0. The minimum Gasteiger partial charge on any atom is -0.388 e. The fraction of sp³-hybridized carbons (Fsp3) is 0.733. The highest BCUT2D eigenvalue weighted by atomic mass is 16.3. The van der Waals surface area contributed by atoms with Gasteiger partial charge in [-0.2, -0.15) is 0 Å². The minimum absolute atomic E-state index is 0.0531. The Kier molecular flexibility index (Phi) is 8.25. The van der Waals surface area contributed by atoms with E-state index in [1.165, 1.54) is 37.7 Å². The molecule has 3 nitrogen and oxygen atoms in total. The van der Waals surface area contributed by atoms with Gasteiger partial charge in [-0.1, -0.05) is 58.9 Å². The van der Waals surface area contributed by atoms with Crippen LogP contribution >= 0.6 is 0 Å². The summed E-state index contributed by atoms with van der Waals surface area (Å²) >= 11 is 0. The molecule has 0 aromatic carbocycles. The molecule has 0 radical (unpaired) electrons. The molecule has 33 heavy (non-hydrogen) atoms. The first-order valence-electron chi connectivity index (χ1n) is 13.3. The molecule has 184 valence electrons. The molecule has 0 heterocycles. The van der Waals surface area contributed by atoms with Crippen molar-refractivity contribution in [2.45, 2.75) is 111 Å². The van der Waals surface area contributed by atoms with Gasteiger partial charge in [0.25, 0.3) is 0 Å². The molecule has 0 aromatic rings. The number of Topliss-reactive ketones (excluding diaryl/α,β-unsaturated/α-hetero) is 2. The SMILES string of the molecule is C=C1/C(=C\C=C2/CCCC3(C)[C@@H]([C@H](C)CCC(=O)CC(=O)C(C)(C)C)CC[C@@H]23)CCCC1O. The first-order chi connectivity index (χ1) is 15.4. The topological polar surface area (TPSA) is 54.4 Å². The van der Waals surface area contributed by atoms with Crippen LogP contribution in [0.4, 0.5) is 0 Å². The molecule has 0 aromatic heterocycles. The predicted octanol–water partition coefficient (Wildman–Crippen LogP) is 7.15. The third-order valence-electron chi connectivity index (χ3n) is 9.03. The summed E-state index contributed by atoms with van der Waals surface area (Å²) in [6.45, 7) is 14.6. The normalized spacial score (nSPS) is 33.9. The Morgan fingerprint density at radius 1 is 1.15 bits per heavy atom. The average Bonchev–Trinajstić information content (AvgIpc) is 3.10. The van der Waals surface area contributed by atoms with Crippen LogP contribution in [0.15, 0.2) is 35.5 Å². The largest absolute Gasteiger partial charge is 0.388 e. The smallest absolute Gasteiger partial charge is 0.145 e. The molecule has 3 saturated carbocycles. The fourth-order valence-corrected chi connectivity index (χ4v) is 6.77. The number of fused-ring (bicyclic) bond motifs is 1. The molecule has 2 unspecified atom stereocenters. The summed E-state index contributed by atoms with van der Waals surface area (Å²) in [6.07, 6.45) is 14.8. The van der Waals surface area contributed by atoms with E-state index in [2.05, 4.69) is 32.6 Å². The maximum Gasteiger partial charge on any atom is 0.145 e. The summed E-state index contributed by atoms with van der Waals surface area (Å²) in [5.74, 6) is 1.91. The lowest BCUT2D eigenvalue weighted by molar-refractivity contribution is -0.131. The third-order valence-corrected chi connectivity index (χ3v) is 9.03. The molecule has 3 heteroatoms. The van der Waals surface area contributed by atoms with Gasteiger partial charge >= 0.3 is 0 Å². The zero-order chi connectivity index (χ0) is 24.4. The Morgan fingerprint density at radius 2 is 1.88 bits per heavy atom. The zero-order valence-corrected chi connectivity index (χ0v) is 21.7. The van der Waals surface area contributed by atoms with Gasteiger partial charge in [0.2, 0.25) is 0 Å². The Morgan fingerprint density at radius 3 is 2.58 bits per heavy atom. The first-order valence-corrected chi connectivity index (χ1v) is 13.3. The van der Waals surface area contributed by atoms with Gasteiger partial charge in [-0.3, -0.25) is 9.59 Å². The van der Waals surface area contributed by atoms with E-state index < -0.39 is 5.41 Å². The summed E-state index contributed by atoms with van der Waals surface area (Å²) in [5.41, 5.74) is 3.57. The first kappa shape index (κ1) is 26.1. The van der Waals surface area contributed by atoms with E-state index in [4.69, 9.17) is 0 Å². The number of allylic oxidation sites excluding steroid dienone is 3. The van der Waals surface area contributed by atoms with Gasteiger partial charge in [0, 0.05) is 11.8 Å². The molecule has 3 rings (SSSR count). The molecule has 0 aliphatic heterocycles. The van der Waals surface area contributed by atoms with Gasteiger partial charge in [0.1, 0.15) is 11.6 Å². The van der Waals surface area contributed by atoms with Crippen LogP contribution in [0, 0.1) is 28.6 Å². The monoisotopic (exact) mass is 454 g/mol. The zero-order valence-electron chi connectivity index (χ0n) is 21.7. The molecule has 3 aliphatic carbocycles. The van der Waals surface area contributed by atoms with Crippen molar-refractivity contribution in [3.63, 3.8) is 0 Å². The van der Waals surface area contributed by atoms with Gasteiger partial charge in [-0.05, 0) is 92.1 Å². The Bertz CT molecular complexity index is 824. The van der Waals surface area contributed by atoms with Crippen molar-refractivity contribution in [1.82, 2.24) is 0 Å². The van der Waals surface area contributed by atoms with E-state index in [0.29, 0.717) is 29.6 Å². The van der Waals surface area contributed by atoms with Crippen LogP contribution in [0.5, 0.6) is 0 Å². The highest BCUT2D eigenvalue weighted by Crippen LogP contribution is 2.59. The van der Waals surface area contributed by atoms with Gasteiger partial charge < -0.3 is 5.11 Å². The van der Waals surface area contributed by atoms with Crippen LogP contribution in [0.2, 0.25) is 0 Å². The average molecular weight is 455 g/mol. The predicted molar refractivity (Wildman–Crippen MR) is 136 cm³/mol. The quantitative estimate of drug-likeness (QED) is 0.416. The van der Waals surface area contributed by atoms with Crippen molar-refractivity contribution in [2.75, 3.05) is 0 Å². The second-order valence-electron chi connectivity index (χ2n) is 12.4. The van der Waals surface area contributed by atoms with Gasteiger partial charge in [0.05, 0.1) is 12.5 Å². The minimum atomic E-state index is -0.435. The number of aliphatic hydroxyl groups excluding tert-OH is 1. The lowest BCUT2D eigenvalue weighted by Gasteiger charge is -2.44. The number of aliphatic hydroxyl groups is 1. The van der Waals surface area contributed by atoms with Crippen LogP contribution in [0.25, 0.3) is 0 Å². The molecule has 0 spiro atoms. The number of hydrogen-bond acceptors (Lipinski definition) is 3. The molecule has 5 atom stereocenters. The van der Waals surface area contributed by atoms with E-state index in [-0.39, 0.29) is 24.1 Å². The van der Waals surface area contributed by atoms with E-state index >= 15 is 0 Å². The van der Waals surface area contributed by atoms with Crippen LogP contribution in [-0.2, 0) is 9.59 Å². The number of carbonyl (C=O) groups excluding carboxylic acids is 2. The Balaban J connectivity index is 1.63. The van der Waals surface area contributed by atoms with Gasteiger partial charge in [-0.25, -0.2) is 0 Å². The Labute approximate surface area is 201 Å². The lowest BCUT2D eigenvalue weighted by atomic mass is 9.60. The highest BCUT2D eigenvalue weighted by Gasteiger charge is 2.50. The van der Waals surface area contributed by atoms with Gasteiger partial charge in [0.15, 0.2) is 0 Å². The van der Waals surface area contributed by atoms with Crippen LogP contribution < -0.4 is 0 Å². The van der Waals surface area contributed by atoms with E-state index in [9.17, 15) is 14.7 Å². The third kappa shape index (κ3) is 5.96. The van der Waals surface area contributed by atoms with Crippen molar-refractivity contribution in [3.8, 4) is 0 Å². The molecular formula is C30H46O3. The molecule has 1 N–H and O–H groups in total. The second-order valence-corrected chi connectivity index (χ2v) is 12.4. The number of rotatable bonds is 7. The van der Waals surface area contributed by atoms with E-state index in [1.54, 1.807) is 5.57 Å². The number of ketones is 2. The molecule has 3 aliphatic rings. The lowest BCUT2D eigenvalue weighted by Crippen LogP contribution is -2.36. The van der Waals surface area contributed by atoms with Crippen molar-refractivity contribution >= 4 is 11.6 Å².